The van der Waals surface area contributed by atoms with E-state index in [1.807, 2.05) is 43.3 Å². The largest absolute Gasteiger partial charge is 0.463 e. The van der Waals surface area contributed by atoms with Crippen LogP contribution in [0.1, 0.15) is 18.1 Å². The van der Waals surface area contributed by atoms with Crippen molar-refractivity contribution in [2.45, 2.75) is 13.3 Å². The summed E-state index contributed by atoms with van der Waals surface area (Å²) in [5, 5.41) is 3.89. The molecular formula is C36H30BrO2P. The minimum absolute atomic E-state index is 0.294. The number of carbonyl (C=O) groups is 1. The van der Waals surface area contributed by atoms with Crippen molar-refractivity contribution < 1.29 is 9.53 Å². The van der Waals surface area contributed by atoms with Crippen molar-refractivity contribution in [2.75, 3.05) is 6.61 Å². The monoisotopic (exact) mass is 604 g/mol. The lowest BCUT2D eigenvalue weighted by Gasteiger charge is -2.23. The first-order chi connectivity index (χ1) is 19.7. The third-order valence-electron chi connectivity index (χ3n) is 6.63. The summed E-state index contributed by atoms with van der Waals surface area (Å²) in [6.45, 7) is 2.17. The van der Waals surface area contributed by atoms with Gasteiger partial charge in [0.05, 0.1) is 6.61 Å². The van der Waals surface area contributed by atoms with Crippen molar-refractivity contribution in [2.24, 2.45) is 0 Å². The molecule has 0 spiro atoms. The first-order valence-corrected chi connectivity index (χ1v) is 15.5. The van der Waals surface area contributed by atoms with E-state index in [0.717, 1.165) is 21.2 Å². The second-order valence-electron chi connectivity index (χ2n) is 9.27. The van der Waals surface area contributed by atoms with E-state index in [2.05, 4.69) is 119 Å². The van der Waals surface area contributed by atoms with E-state index >= 15 is 0 Å². The Morgan fingerprint density at radius 1 is 0.700 bits per heavy atom. The number of hydrogen-bond acceptors (Lipinski definition) is 2. The number of esters is 1. The fourth-order valence-corrected chi connectivity index (χ4v) is 7.67. The third-order valence-corrected chi connectivity index (χ3v) is 9.86. The molecule has 0 bridgehead atoms. The number of hydrogen-bond donors (Lipinski definition) is 0. The van der Waals surface area contributed by atoms with Gasteiger partial charge >= 0.3 is 5.97 Å². The van der Waals surface area contributed by atoms with Gasteiger partial charge in [-0.25, -0.2) is 4.79 Å². The van der Waals surface area contributed by atoms with Crippen molar-refractivity contribution in [3.63, 3.8) is 0 Å². The van der Waals surface area contributed by atoms with Crippen LogP contribution in [0.3, 0.4) is 0 Å². The summed E-state index contributed by atoms with van der Waals surface area (Å²) < 4.78 is 6.43. The summed E-state index contributed by atoms with van der Waals surface area (Å²) >= 11 is 3.62. The predicted molar refractivity (Wildman–Crippen MR) is 173 cm³/mol. The Labute approximate surface area is 246 Å². The van der Waals surface area contributed by atoms with Gasteiger partial charge in [-0.2, -0.15) is 0 Å². The molecule has 0 N–H and O–H groups in total. The molecule has 4 heteroatoms. The molecule has 0 aliphatic rings. The molecule has 0 aliphatic carbocycles. The molecule has 5 aromatic carbocycles. The summed E-state index contributed by atoms with van der Waals surface area (Å²) in [5.74, 6) is -0.294. The zero-order chi connectivity index (χ0) is 27.7. The average molecular weight is 606 g/mol. The van der Waals surface area contributed by atoms with E-state index < -0.39 is 7.92 Å². The molecule has 5 rings (SSSR count). The summed E-state index contributed by atoms with van der Waals surface area (Å²) in [5.41, 5.74) is 4.95. The van der Waals surface area contributed by atoms with E-state index in [-0.39, 0.29) is 5.97 Å². The van der Waals surface area contributed by atoms with Crippen LogP contribution >= 0.6 is 23.9 Å². The average Bonchev–Trinajstić information content (AvgIpc) is 3.00. The van der Waals surface area contributed by atoms with Crippen LogP contribution in [0.4, 0.5) is 0 Å². The number of benzene rings is 5. The minimum atomic E-state index is -0.798. The molecule has 0 saturated carbocycles. The van der Waals surface area contributed by atoms with E-state index in [1.54, 1.807) is 0 Å². The van der Waals surface area contributed by atoms with Crippen molar-refractivity contribution in [3.05, 3.63) is 155 Å². The van der Waals surface area contributed by atoms with Crippen LogP contribution in [0.2, 0.25) is 0 Å². The van der Waals surface area contributed by atoms with Gasteiger partial charge in [-0.15, -0.1) is 0 Å². The highest BCUT2D eigenvalue weighted by Gasteiger charge is 2.22. The van der Waals surface area contributed by atoms with Crippen molar-refractivity contribution in [1.29, 1.82) is 0 Å². The van der Waals surface area contributed by atoms with Crippen LogP contribution in [-0.4, -0.2) is 12.6 Å². The summed E-state index contributed by atoms with van der Waals surface area (Å²) in [6.07, 6.45) is 2.39. The fraction of sp³-hybridized carbons (Fsp3) is 0.0833. The molecule has 0 aromatic heterocycles. The first kappa shape index (κ1) is 27.8. The molecule has 0 heterocycles. The predicted octanol–water partition coefficient (Wildman–Crippen LogP) is 8.06. The molecule has 40 heavy (non-hydrogen) atoms. The van der Waals surface area contributed by atoms with Gasteiger partial charge in [0.2, 0.25) is 0 Å². The number of ether oxygens (including phenoxy) is 1. The van der Waals surface area contributed by atoms with Crippen LogP contribution in [0, 0.1) is 0 Å². The molecule has 0 radical (unpaired) electrons. The Morgan fingerprint density at radius 3 is 1.90 bits per heavy atom. The lowest BCUT2D eigenvalue weighted by Crippen LogP contribution is -2.22. The molecule has 0 fully saturated rings. The standard InChI is InChI=1S/C36H30BrO2P/c1-2-39-36(38)29(26-28-16-10-13-23-34(28)37)25-27-15-9-11-21-32(27)33-22-12-14-24-35(33)40(30-17-5-3-6-18-30)31-19-7-4-8-20-31/h3-24,26H,2,25H2,1H3/b29-26+. The first-order valence-electron chi connectivity index (χ1n) is 13.4. The zero-order valence-corrected chi connectivity index (χ0v) is 24.8. The van der Waals surface area contributed by atoms with Gasteiger partial charge in [-0.05, 0) is 65.2 Å². The van der Waals surface area contributed by atoms with Gasteiger partial charge in [-0.3, -0.25) is 0 Å². The van der Waals surface area contributed by atoms with Crippen LogP contribution in [0.25, 0.3) is 17.2 Å². The Hall–Kier alpha value is -3.78. The normalized spacial score (nSPS) is 11.4. The van der Waals surface area contributed by atoms with E-state index in [1.165, 1.54) is 21.5 Å². The number of carbonyl (C=O) groups excluding carboxylic acids is 1. The van der Waals surface area contributed by atoms with Crippen molar-refractivity contribution >= 4 is 51.8 Å². The van der Waals surface area contributed by atoms with Gasteiger partial charge in [-0.1, -0.05) is 143 Å². The quantitative estimate of drug-likeness (QED) is 0.0966. The van der Waals surface area contributed by atoms with E-state index in [4.69, 9.17) is 4.74 Å². The highest BCUT2D eigenvalue weighted by Crippen LogP contribution is 2.38. The second kappa shape index (κ2) is 13.5. The minimum Gasteiger partial charge on any atom is -0.463 e. The van der Waals surface area contributed by atoms with Gasteiger partial charge in [0, 0.05) is 16.5 Å². The van der Waals surface area contributed by atoms with Crippen molar-refractivity contribution in [3.8, 4) is 11.1 Å². The molecule has 0 amide bonds. The Bertz CT molecular complexity index is 1570. The molecule has 0 aliphatic heterocycles. The molecule has 198 valence electrons. The maximum absolute atomic E-state index is 13.2. The van der Waals surface area contributed by atoms with Gasteiger partial charge < -0.3 is 4.74 Å². The summed E-state index contributed by atoms with van der Waals surface area (Å²) in [7, 11) is -0.798. The van der Waals surface area contributed by atoms with Crippen LogP contribution in [0.15, 0.2) is 144 Å². The Kier molecular flexibility index (Phi) is 9.39. The fourth-order valence-electron chi connectivity index (χ4n) is 4.81. The molecular weight excluding hydrogens is 575 g/mol. The maximum Gasteiger partial charge on any atom is 0.334 e. The lowest BCUT2D eigenvalue weighted by molar-refractivity contribution is -0.138. The molecule has 0 saturated heterocycles. The highest BCUT2D eigenvalue weighted by molar-refractivity contribution is 9.10. The maximum atomic E-state index is 13.2. The SMILES string of the molecule is CCOC(=O)/C(=C/c1ccccc1Br)Cc1ccccc1-c1ccccc1P(c1ccccc1)c1ccccc1. The molecule has 5 aromatic rings. The van der Waals surface area contributed by atoms with E-state index in [0.29, 0.717) is 18.6 Å². The molecule has 0 atom stereocenters. The van der Waals surface area contributed by atoms with Crippen LogP contribution in [0.5, 0.6) is 0 Å². The molecule has 2 nitrogen and oxygen atoms in total. The van der Waals surface area contributed by atoms with Crippen molar-refractivity contribution in [1.82, 2.24) is 0 Å². The summed E-state index contributed by atoms with van der Waals surface area (Å²) in [6, 6.07) is 46.5. The van der Waals surface area contributed by atoms with Gasteiger partial charge in [0.15, 0.2) is 0 Å². The van der Waals surface area contributed by atoms with Gasteiger partial charge in [0.25, 0.3) is 0 Å². The second-order valence-corrected chi connectivity index (χ2v) is 12.3. The smallest absolute Gasteiger partial charge is 0.334 e. The van der Waals surface area contributed by atoms with Crippen LogP contribution < -0.4 is 15.9 Å². The molecule has 0 unspecified atom stereocenters. The van der Waals surface area contributed by atoms with E-state index in [9.17, 15) is 4.79 Å². The topological polar surface area (TPSA) is 26.3 Å². The Morgan fingerprint density at radius 2 is 1.25 bits per heavy atom. The lowest BCUT2D eigenvalue weighted by atomic mass is 9.94. The Balaban J connectivity index is 1.63. The van der Waals surface area contributed by atoms with Crippen LogP contribution in [-0.2, 0) is 16.0 Å². The highest BCUT2D eigenvalue weighted by atomic mass is 79.9. The van der Waals surface area contributed by atoms with Gasteiger partial charge in [0.1, 0.15) is 0 Å². The summed E-state index contributed by atoms with van der Waals surface area (Å²) in [4.78, 5) is 13.2. The number of halogens is 1. The third kappa shape index (κ3) is 6.50. The number of rotatable bonds is 9. The zero-order valence-electron chi connectivity index (χ0n) is 22.3.